The molecule has 0 aliphatic carbocycles. The Morgan fingerprint density at radius 2 is 2.00 bits per heavy atom. The molecule has 15 heavy (non-hydrogen) atoms. The lowest BCUT2D eigenvalue weighted by atomic mass is 10.2. The molecule has 0 aromatic rings. The lowest BCUT2D eigenvalue weighted by Crippen LogP contribution is -2.43. The van der Waals surface area contributed by atoms with Gasteiger partial charge in [-0.1, -0.05) is 0 Å². The van der Waals surface area contributed by atoms with E-state index in [1.165, 1.54) is 0 Å². The summed E-state index contributed by atoms with van der Waals surface area (Å²) in [4.78, 5) is 10.6. The van der Waals surface area contributed by atoms with E-state index in [0.29, 0.717) is 0 Å². The minimum Gasteiger partial charge on any atom is -0.480 e. The average Bonchev–Trinajstić information content (AvgIpc) is 2.47. The Kier molecular flexibility index (Phi) is 3.26. The van der Waals surface area contributed by atoms with Gasteiger partial charge in [-0.25, -0.2) is 8.42 Å². The summed E-state index contributed by atoms with van der Waals surface area (Å²) < 4.78 is 46.4. The average molecular weight is 245 g/mol. The zero-order valence-corrected chi connectivity index (χ0v) is 8.19. The van der Waals surface area contributed by atoms with Gasteiger partial charge in [0.1, 0.15) is 6.04 Å². The van der Waals surface area contributed by atoms with Crippen LogP contribution in [-0.4, -0.2) is 53.4 Å². The standard InChI is InChI=1S/C6H9F2NO5S/c7-6(8)15(13,14)9-2-3(10)1-4(9)5(11)12/h3-4,6,10H,1-2H2,(H,11,12)/t3?,4-/m0/s1. The molecule has 6 nitrogen and oxygen atoms in total. The van der Waals surface area contributed by atoms with Crippen molar-refractivity contribution in [1.29, 1.82) is 0 Å². The number of aliphatic hydroxyl groups excluding tert-OH is 1. The van der Waals surface area contributed by atoms with Crippen LogP contribution in [0.4, 0.5) is 8.78 Å². The summed E-state index contributed by atoms with van der Waals surface area (Å²) in [5.41, 5.74) is 0. The molecule has 1 aliphatic rings. The van der Waals surface area contributed by atoms with Crippen molar-refractivity contribution >= 4 is 16.0 Å². The quantitative estimate of drug-likeness (QED) is 0.669. The highest BCUT2D eigenvalue weighted by molar-refractivity contribution is 7.89. The largest absolute Gasteiger partial charge is 0.480 e. The maximum atomic E-state index is 12.1. The van der Waals surface area contributed by atoms with Crippen LogP contribution in [0, 0.1) is 0 Å². The third-order valence-corrected chi connectivity index (χ3v) is 3.58. The molecule has 1 saturated heterocycles. The third-order valence-electron chi connectivity index (χ3n) is 2.07. The lowest BCUT2D eigenvalue weighted by molar-refractivity contribution is -0.140. The number of alkyl halides is 2. The Bertz CT molecular complexity index is 357. The van der Waals surface area contributed by atoms with Crippen LogP contribution in [0.25, 0.3) is 0 Å². The van der Waals surface area contributed by atoms with Gasteiger partial charge in [0, 0.05) is 13.0 Å². The zero-order valence-electron chi connectivity index (χ0n) is 7.38. The molecule has 2 atom stereocenters. The van der Waals surface area contributed by atoms with Crippen molar-refractivity contribution in [2.75, 3.05) is 6.54 Å². The summed E-state index contributed by atoms with van der Waals surface area (Å²) >= 11 is 0. The van der Waals surface area contributed by atoms with Crippen molar-refractivity contribution < 1.29 is 32.2 Å². The van der Waals surface area contributed by atoms with E-state index < -0.39 is 40.4 Å². The topological polar surface area (TPSA) is 94.9 Å². The molecule has 1 unspecified atom stereocenters. The van der Waals surface area contributed by atoms with Crippen molar-refractivity contribution in [2.45, 2.75) is 24.3 Å². The molecule has 1 fully saturated rings. The maximum Gasteiger partial charge on any atom is 0.350 e. The molecule has 1 heterocycles. The van der Waals surface area contributed by atoms with E-state index >= 15 is 0 Å². The van der Waals surface area contributed by atoms with Crippen molar-refractivity contribution in [3.8, 4) is 0 Å². The van der Waals surface area contributed by atoms with Crippen molar-refractivity contribution in [2.24, 2.45) is 0 Å². The number of rotatable bonds is 3. The maximum absolute atomic E-state index is 12.1. The number of carbonyl (C=O) groups is 1. The fourth-order valence-electron chi connectivity index (χ4n) is 1.39. The van der Waals surface area contributed by atoms with Gasteiger partial charge in [-0.15, -0.1) is 0 Å². The molecule has 0 spiro atoms. The first-order valence-electron chi connectivity index (χ1n) is 3.96. The number of sulfonamides is 1. The van der Waals surface area contributed by atoms with Gasteiger partial charge >= 0.3 is 11.7 Å². The first-order chi connectivity index (χ1) is 6.76. The van der Waals surface area contributed by atoms with Gasteiger partial charge < -0.3 is 10.2 Å². The highest BCUT2D eigenvalue weighted by Gasteiger charge is 2.46. The smallest absolute Gasteiger partial charge is 0.350 e. The minimum absolute atomic E-state index is 0.130. The molecular weight excluding hydrogens is 236 g/mol. The number of hydrogen-bond acceptors (Lipinski definition) is 4. The first kappa shape index (κ1) is 12.3. The predicted molar refractivity (Wildman–Crippen MR) is 43.7 cm³/mol. The molecule has 2 N–H and O–H groups in total. The number of nitrogens with zero attached hydrogens (tertiary/aromatic N) is 1. The van der Waals surface area contributed by atoms with Crippen LogP contribution < -0.4 is 0 Å². The van der Waals surface area contributed by atoms with Gasteiger partial charge in [0.15, 0.2) is 0 Å². The summed E-state index contributed by atoms with van der Waals surface area (Å²) in [5.74, 6) is -5.22. The number of hydrogen-bond donors (Lipinski definition) is 2. The van der Waals surface area contributed by atoms with Gasteiger partial charge in [-0.3, -0.25) is 4.79 Å². The van der Waals surface area contributed by atoms with E-state index in [1.807, 2.05) is 0 Å². The monoisotopic (exact) mass is 245 g/mol. The molecule has 88 valence electrons. The fraction of sp³-hybridized carbons (Fsp3) is 0.833. The molecule has 9 heteroatoms. The predicted octanol–water partition coefficient (Wildman–Crippen LogP) is -0.941. The normalized spacial score (nSPS) is 28.5. The number of aliphatic carboxylic acids is 1. The van der Waals surface area contributed by atoms with Crippen LogP contribution in [-0.2, 0) is 14.8 Å². The molecule has 1 aliphatic heterocycles. The first-order valence-corrected chi connectivity index (χ1v) is 5.47. The molecule has 0 radical (unpaired) electrons. The second-order valence-electron chi connectivity index (χ2n) is 3.12. The Morgan fingerprint density at radius 3 is 2.40 bits per heavy atom. The number of aliphatic hydroxyl groups is 1. The molecule has 0 aromatic heterocycles. The van der Waals surface area contributed by atoms with Gasteiger partial charge in [-0.2, -0.15) is 13.1 Å². The van der Waals surface area contributed by atoms with E-state index in [1.54, 1.807) is 0 Å². The summed E-state index contributed by atoms with van der Waals surface area (Å²) in [6.45, 7) is -0.607. The van der Waals surface area contributed by atoms with Crippen LogP contribution in [0.1, 0.15) is 6.42 Å². The Balaban J connectivity index is 2.99. The SMILES string of the molecule is O=C(O)[C@@H]1CC(O)CN1S(=O)(=O)C(F)F. The summed E-state index contributed by atoms with van der Waals surface area (Å²) in [7, 11) is -4.94. The van der Waals surface area contributed by atoms with Crippen LogP contribution in [0.5, 0.6) is 0 Å². The second kappa shape index (κ2) is 3.99. The Hall–Kier alpha value is -0.800. The van der Waals surface area contributed by atoms with E-state index in [9.17, 15) is 22.0 Å². The molecule has 0 aromatic carbocycles. The Morgan fingerprint density at radius 1 is 1.47 bits per heavy atom. The minimum atomic E-state index is -4.94. The summed E-state index contributed by atoms with van der Waals surface area (Å²) in [6.07, 6.45) is -1.60. The number of β-amino-alcohol motifs (C(OH)–C–C–N with tert-alkyl or cyclic N) is 1. The molecule has 0 amide bonds. The van der Waals surface area contributed by atoms with E-state index in [0.717, 1.165) is 0 Å². The lowest BCUT2D eigenvalue weighted by Gasteiger charge is -2.19. The van der Waals surface area contributed by atoms with Gasteiger partial charge in [0.25, 0.3) is 10.0 Å². The van der Waals surface area contributed by atoms with Crippen molar-refractivity contribution in [3.05, 3.63) is 0 Å². The van der Waals surface area contributed by atoms with Crippen molar-refractivity contribution in [3.63, 3.8) is 0 Å². The van der Waals surface area contributed by atoms with Crippen LogP contribution in [0.3, 0.4) is 0 Å². The highest BCUT2D eigenvalue weighted by Crippen LogP contribution is 2.25. The fourth-order valence-corrected chi connectivity index (χ4v) is 2.51. The van der Waals surface area contributed by atoms with Gasteiger partial charge in [-0.05, 0) is 0 Å². The number of halogens is 2. The van der Waals surface area contributed by atoms with Crippen LogP contribution in [0.2, 0.25) is 0 Å². The van der Waals surface area contributed by atoms with E-state index in [2.05, 4.69) is 0 Å². The van der Waals surface area contributed by atoms with Crippen LogP contribution >= 0.6 is 0 Å². The number of carboxylic acids is 1. The summed E-state index contributed by atoms with van der Waals surface area (Å²) in [6, 6.07) is -1.61. The molecular formula is C6H9F2NO5S. The molecule has 0 saturated carbocycles. The highest BCUT2D eigenvalue weighted by atomic mass is 32.2. The third kappa shape index (κ3) is 2.24. The summed E-state index contributed by atoms with van der Waals surface area (Å²) in [5, 5.41) is 17.6. The van der Waals surface area contributed by atoms with Crippen LogP contribution in [0.15, 0.2) is 0 Å². The van der Waals surface area contributed by atoms with Gasteiger partial charge in [0.2, 0.25) is 0 Å². The molecule has 1 rings (SSSR count). The zero-order chi connectivity index (χ0) is 11.8. The molecule has 0 bridgehead atoms. The van der Waals surface area contributed by atoms with E-state index in [4.69, 9.17) is 10.2 Å². The number of carboxylic acid groups (broad SMARTS) is 1. The second-order valence-corrected chi connectivity index (χ2v) is 4.97. The Labute approximate surface area is 84.2 Å². The van der Waals surface area contributed by atoms with E-state index in [-0.39, 0.29) is 10.7 Å². The van der Waals surface area contributed by atoms with Gasteiger partial charge in [0.05, 0.1) is 6.10 Å². The van der Waals surface area contributed by atoms with Crippen molar-refractivity contribution in [1.82, 2.24) is 4.31 Å².